The molecule has 0 bridgehead atoms. The Morgan fingerprint density at radius 1 is 1.22 bits per heavy atom. The average Bonchev–Trinajstić information content (AvgIpc) is 2.97. The summed E-state index contributed by atoms with van der Waals surface area (Å²) >= 11 is 0. The molecule has 27 heavy (non-hydrogen) atoms. The number of ether oxygens (including phenoxy) is 1. The van der Waals surface area contributed by atoms with Gasteiger partial charge in [-0.2, -0.15) is 5.10 Å². The number of nitrogens with zero attached hydrogens (tertiary/aromatic N) is 3. The number of carbonyl (C=O) groups excluding carboxylic acids is 1. The number of rotatable bonds is 4. The molecule has 1 saturated heterocycles. The van der Waals surface area contributed by atoms with Crippen LogP contribution in [0.1, 0.15) is 61.2 Å². The lowest BCUT2D eigenvalue weighted by atomic mass is 9.92. The van der Waals surface area contributed by atoms with Crippen molar-refractivity contribution in [3.8, 4) is 5.88 Å². The van der Waals surface area contributed by atoms with Crippen molar-refractivity contribution in [1.82, 2.24) is 15.1 Å². The highest BCUT2D eigenvalue weighted by molar-refractivity contribution is 5.95. The maximum Gasteiger partial charge on any atom is 0.257 e. The Morgan fingerprint density at radius 2 is 1.93 bits per heavy atom. The van der Waals surface area contributed by atoms with Crippen LogP contribution < -0.4 is 4.74 Å². The van der Waals surface area contributed by atoms with Crippen molar-refractivity contribution in [2.45, 2.75) is 52.9 Å². The van der Waals surface area contributed by atoms with E-state index in [0.717, 1.165) is 37.4 Å². The topological polar surface area (TPSA) is 68.5 Å². The number of carbonyl (C=O) groups is 1. The first-order valence-electron chi connectivity index (χ1n) is 9.57. The molecule has 3 heterocycles. The molecule has 1 amide bonds. The zero-order valence-electron chi connectivity index (χ0n) is 16.9. The highest BCUT2D eigenvalue weighted by atomic mass is 16.5. The number of aryl methyl sites for hydroxylation is 2. The van der Waals surface area contributed by atoms with Gasteiger partial charge in [0, 0.05) is 24.6 Å². The summed E-state index contributed by atoms with van der Waals surface area (Å²) in [6.07, 6.45) is 1.85. The van der Waals surface area contributed by atoms with E-state index in [1.165, 1.54) is 0 Å². The number of aromatic nitrogens is 2. The summed E-state index contributed by atoms with van der Waals surface area (Å²) in [5.74, 6) is 2.52. The third-order valence-electron chi connectivity index (χ3n) is 5.05. The van der Waals surface area contributed by atoms with Crippen LogP contribution in [0.2, 0.25) is 0 Å². The first-order valence-corrected chi connectivity index (χ1v) is 9.57. The second-order valence-electron chi connectivity index (χ2n) is 8.38. The van der Waals surface area contributed by atoms with Crippen molar-refractivity contribution in [1.29, 1.82) is 0 Å². The summed E-state index contributed by atoms with van der Waals surface area (Å²) < 4.78 is 11.3. The minimum Gasteiger partial charge on any atom is -0.476 e. The van der Waals surface area contributed by atoms with Crippen molar-refractivity contribution >= 4 is 5.91 Å². The van der Waals surface area contributed by atoms with Crippen molar-refractivity contribution in [3.05, 3.63) is 41.0 Å². The molecule has 0 saturated carbocycles. The Labute approximate surface area is 160 Å². The molecular formula is C21H29N3O3. The van der Waals surface area contributed by atoms with Crippen LogP contribution in [-0.2, 0) is 5.41 Å². The van der Waals surface area contributed by atoms with E-state index in [4.69, 9.17) is 9.15 Å². The van der Waals surface area contributed by atoms with Crippen LogP contribution in [-0.4, -0.2) is 40.7 Å². The lowest BCUT2D eigenvalue weighted by Crippen LogP contribution is -2.39. The number of furan rings is 1. The molecule has 0 atom stereocenters. The molecule has 0 aliphatic carbocycles. The van der Waals surface area contributed by atoms with E-state index in [1.807, 2.05) is 36.9 Å². The van der Waals surface area contributed by atoms with Crippen LogP contribution in [0.15, 0.2) is 22.6 Å². The Morgan fingerprint density at radius 3 is 2.44 bits per heavy atom. The fourth-order valence-electron chi connectivity index (χ4n) is 3.32. The molecule has 146 valence electrons. The van der Waals surface area contributed by atoms with Crippen molar-refractivity contribution in [2.24, 2.45) is 5.92 Å². The van der Waals surface area contributed by atoms with E-state index in [2.05, 4.69) is 31.0 Å². The quantitative estimate of drug-likeness (QED) is 0.815. The third-order valence-corrected chi connectivity index (χ3v) is 5.05. The van der Waals surface area contributed by atoms with Crippen molar-refractivity contribution in [3.63, 3.8) is 0 Å². The summed E-state index contributed by atoms with van der Waals surface area (Å²) in [7, 11) is 0. The summed E-state index contributed by atoms with van der Waals surface area (Å²) in [4.78, 5) is 14.6. The van der Waals surface area contributed by atoms with Gasteiger partial charge >= 0.3 is 0 Å². The second-order valence-corrected chi connectivity index (χ2v) is 8.38. The maximum atomic E-state index is 12.6. The molecule has 1 aliphatic rings. The Bertz CT molecular complexity index is 782. The first-order chi connectivity index (χ1) is 12.7. The summed E-state index contributed by atoms with van der Waals surface area (Å²) in [6.45, 7) is 12.1. The van der Waals surface area contributed by atoms with Gasteiger partial charge in [-0.3, -0.25) is 4.79 Å². The van der Waals surface area contributed by atoms with Crippen LogP contribution in [0, 0.1) is 19.8 Å². The van der Waals surface area contributed by atoms with Gasteiger partial charge in [0.05, 0.1) is 17.9 Å². The number of likely N-dealkylation sites (tertiary alicyclic amines) is 1. The Balaban J connectivity index is 1.48. The zero-order chi connectivity index (χ0) is 19.6. The third kappa shape index (κ3) is 4.67. The van der Waals surface area contributed by atoms with Crippen LogP contribution >= 0.6 is 0 Å². The molecule has 6 heteroatoms. The fourth-order valence-corrected chi connectivity index (χ4v) is 3.32. The molecule has 2 aromatic rings. The van der Waals surface area contributed by atoms with Gasteiger partial charge in [0.15, 0.2) is 0 Å². The molecule has 0 radical (unpaired) electrons. The zero-order valence-corrected chi connectivity index (χ0v) is 16.9. The lowest BCUT2D eigenvalue weighted by molar-refractivity contribution is 0.0657. The second kappa shape index (κ2) is 7.71. The average molecular weight is 371 g/mol. The number of hydrogen-bond donors (Lipinski definition) is 0. The van der Waals surface area contributed by atoms with Crippen LogP contribution in [0.5, 0.6) is 5.88 Å². The highest BCUT2D eigenvalue weighted by Gasteiger charge is 2.26. The molecule has 0 aromatic carbocycles. The monoisotopic (exact) mass is 371 g/mol. The smallest absolute Gasteiger partial charge is 0.257 e. The standard InChI is InChI=1S/C21H29N3O3/c1-14-12-17(15(2)27-14)20(25)24-10-8-16(9-11-24)13-26-19-7-6-18(22-23-19)21(3,4)5/h6-7,12,16H,8-11,13H2,1-5H3. The van der Waals surface area contributed by atoms with Gasteiger partial charge < -0.3 is 14.1 Å². The number of hydrogen-bond acceptors (Lipinski definition) is 5. The highest BCUT2D eigenvalue weighted by Crippen LogP contribution is 2.23. The largest absolute Gasteiger partial charge is 0.476 e. The van der Waals surface area contributed by atoms with Gasteiger partial charge in [0.25, 0.3) is 5.91 Å². The van der Waals surface area contributed by atoms with Crippen LogP contribution in [0.4, 0.5) is 0 Å². The van der Waals surface area contributed by atoms with E-state index in [0.29, 0.717) is 29.7 Å². The molecule has 1 aliphatic heterocycles. The molecule has 6 nitrogen and oxygen atoms in total. The van der Waals surface area contributed by atoms with E-state index in [9.17, 15) is 4.79 Å². The molecule has 3 rings (SSSR count). The van der Waals surface area contributed by atoms with Gasteiger partial charge in [0.2, 0.25) is 5.88 Å². The van der Waals surface area contributed by atoms with Gasteiger partial charge in [-0.1, -0.05) is 20.8 Å². The van der Waals surface area contributed by atoms with E-state index in [-0.39, 0.29) is 11.3 Å². The molecule has 0 unspecified atom stereocenters. The molecule has 2 aromatic heterocycles. The van der Waals surface area contributed by atoms with Gasteiger partial charge in [-0.25, -0.2) is 0 Å². The predicted molar refractivity (Wildman–Crippen MR) is 103 cm³/mol. The number of piperidine rings is 1. The van der Waals surface area contributed by atoms with E-state index >= 15 is 0 Å². The molecule has 0 spiro atoms. The molecular weight excluding hydrogens is 342 g/mol. The summed E-state index contributed by atoms with van der Waals surface area (Å²) in [5, 5.41) is 8.43. The van der Waals surface area contributed by atoms with E-state index < -0.39 is 0 Å². The van der Waals surface area contributed by atoms with Crippen molar-refractivity contribution in [2.75, 3.05) is 19.7 Å². The SMILES string of the molecule is Cc1cc(C(=O)N2CCC(COc3ccc(C(C)(C)C)nn3)CC2)c(C)o1. The first kappa shape index (κ1) is 19.4. The summed E-state index contributed by atoms with van der Waals surface area (Å²) in [5.41, 5.74) is 1.61. The van der Waals surface area contributed by atoms with Gasteiger partial charge in [-0.05, 0) is 44.7 Å². The fraction of sp³-hybridized carbons (Fsp3) is 0.571. The predicted octanol–water partition coefficient (Wildman–Crippen LogP) is 3.92. The maximum absolute atomic E-state index is 12.6. The molecule has 0 N–H and O–H groups in total. The summed E-state index contributed by atoms with van der Waals surface area (Å²) in [6, 6.07) is 5.68. The number of amides is 1. The molecule has 1 fully saturated rings. The van der Waals surface area contributed by atoms with Crippen molar-refractivity contribution < 1.29 is 13.9 Å². The van der Waals surface area contributed by atoms with Crippen LogP contribution in [0.25, 0.3) is 0 Å². The van der Waals surface area contributed by atoms with E-state index in [1.54, 1.807) is 0 Å². The van der Waals surface area contributed by atoms with Gasteiger partial charge in [0.1, 0.15) is 11.5 Å². The normalized spacial score (nSPS) is 15.8. The minimum atomic E-state index is -0.0171. The minimum absolute atomic E-state index is 0.0171. The Kier molecular flexibility index (Phi) is 5.53. The van der Waals surface area contributed by atoms with Gasteiger partial charge in [-0.15, -0.1) is 5.10 Å². The lowest BCUT2D eigenvalue weighted by Gasteiger charge is -2.31. The van der Waals surface area contributed by atoms with Crippen LogP contribution in [0.3, 0.4) is 0 Å². The Hall–Kier alpha value is -2.37.